The first-order valence-corrected chi connectivity index (χ1v) is 10.0. The molecule has 1 fully saturated rings. The lowest BCUT2D eigenvalue weighted by Gasteiger charge is -2.28. The lowest BCUT2D eigenvalue weighted by atomic mass is 10.1. The van der Waals surface area contributed by atoms with Crippen molar-refractivity contribution in [2.75, 3.05) is 13.1 Å². The van der Waals surface area contributed by atoms with E-state index in [0.29, 0.717) is 28.2 Å². The lowest BCUT2D eigenvalue weighted by molar-refractivity contribution is -0.128. The molecule has 0 aliphatic carbocycles. The van der Waals surface area contributed by atoms with Gasteiger partial charge in [0.2, 0.25) is 0 Å². The van der Waals surface area contributed by atoms with Crippen LogP contribution in [-0.2, 0) is 4.79 Å². The molecule has 0 radical (unpaired) electrons. The van der Waals surface area contributed by atoms with Gasteiger partial charge in [0, 0.05) is 23.7 Å². The molecule has 4 nitrogen and oxygen atoms in total. The molecule has 1 aliphatic rings. The van der Waals surface area contributed by atoms with Crippen molar-refractivity contribution in [3.05, 3.63) is 76.4 Å². The summed E-state index contributed by atoms with van der Waals surface area (Å²) in [5, 5.41) is 3.36. The van der Waals surface area contributed by atoms with E-state index < -0.39 is 0 Å². The Kier molecular flexibility index (Phi) is 6.69. The van der Waals surface area contributed by atoms with Gasteiger partial charge in [-0.15, -0.1) is 0 Å². The van der Waals surface area contributed by atoms with Crippen molar-refractivity contribution in [2.45, 2.75) is 19.3 Å². The van der Waals surface area contributed by atoms with Gasteiger partial charge in [0.25, 0.3) is 11.8 Å². The summed E-state index contributed by atoms with van der Waals surface area (Å²) in [6.07, 6.45) is 3.08. The molecular formula is C21H20BrClN2O2. The normalized spacial score (nSPS) is 15.1. The molecule has 0 bridgehead atoms. The van der Waals surface area contributed by atoms with Crippen molar-refractivity contribution in [3.8, 4) is 0 Å². The first-order chi connectivity index (χ1) is 13.1. The van der Waals surface area contributed by atoms with E-state index in [-0.39, 0.29) is 17.5 Å². The number of hydrogen-bond acceptors (Lipinski definition) is 2. The molecule has 2 aromatic carbocycles. The molecule has 0 spiro atoms. The summed E-state index contributed by atoms with van der Waals surface area (Å²) < 4.78 is 0.570. The third-order valence-corrected chi connectivity index (χ3v) is 5.56. The third-order valence-electron chi connectivity index (χ3n) is 4.45. The summed E-state index contributed by atoms with van der Waals surface area (Å²) in [4.78, 5) is 27.6. The summed E-state index contributed by atoms with van der Waals surface area (Å²) in [6.45, 7) is 1.41. The maximum absolute atomic E-state index is 13.1. The molecule has 2 amide bonds. The van der Waals surface area contributed by atoms with Crippen molar-refractivity contribution >= 4 is 43.8 Å². The fourth-order valence-electron chi connectivity index (χ4n) is 2.97. The number of rotatable bonds is 4. The largest absolute Gasteiger partial charge is 0.337 e. The highest BCUT2D eigenvalue weighted by Crippen LogP contribution is 2.26. The van der Waals surface area contributed by atoms with Crippen LogP contribution in [0.25, 0.3) is 4.48 Å². The number of amides is 2. The second-order valence-electron chi connectivity index (χ2n) is 6.37. The monoisotopic (exact) mass is 446 g/mol. The van der Waals surface area contributed by atoms with E-state index >= 15 is 0 Å². The van der Waals surface area contributed by atoms with Crippen LogP contribution in [0, 0.1) is 0 Å². The Balaban J connectivity index is 1.93. The fourth-order valence-corrected chi connectivity index (χ4v) is 3.63. The smallest absolute Gasteiger partial charge is 0.271 e. The molecule has 1 aliphatic heterocycles. The molecule has 1 N–H and O–H groups in total. The molecule has 1 heterocycles. The average Bonchev–Trinajstić information content (AvgIpc) is 2.72. The van der Waals surface area contributed by atoms with E-state index in [1.807, 2.05) is 30.3 Å². The van der Waals surface area contributed by atoms with Gasteiger partial charge in [-0.05, 0) is 65.0 Å². The van der Waals surface area contributed by atoms with Crippen LogP contribution in [0.2, 0.25) is 5.02 Å². The fraction of sp³-hybridized carbons (Fsp3) is 0.238. The quantitative estimate of drug-likeness (QED) is 0.681. The summed E-state index contributed by atoms with van der Waals surface area (Å²) in [5.41, 5.74) is 1.52. The first-order valence-electron chi connectivity index (χ1n) is 8.87. The van der Waals surface area contributed by atoms with E-state index in [4.69, 9.17) is 11.6 Å². The van der Waals surface area contributed by atoms with Crippen LogP contribution in [-0.4, -0.2) is 29.8 Å². The van der Waals surface area contributed by atoms with Crippen molar-refractivity contribution in [1.82, 2.24) is 10.2 Å². The van der Waals surface area contributed by atoms with Crippen molar-refractivity contribution in [1.29, 1.82) is 0 Å². The summed E-state index contributed by atoms with van der Waals surface area (Å²) in [6, 6.07) is 16.0. The molecule has 3 rings (SSSR count). The SMILES string of the molecule is O=C(N/C(C(=O)N1CCCCC1)=C(\Br)c1ccccc1)c1ccc(Cl)cc1. The summed E-state index contributed by atoms with van der Waals surface area (Å²) in [5.74, 6) is -0.521. The van der Waals surface area contributed by atoms with Gasteiger partial charge in [-0.2, -0.15) is 0 Å². The van der Waals surface area contributed by atoms with Crippen LogP contribution < -0.4 is 5.32 Å². The van der Waals surface area contributed by atoms with Crippen LogP contribution in [0.5, 0.6) is 0 Å². The standard InChI is InChI=1S/C21H20BrClN2O2/c22-18(15-7-3-1-4-8-15)19(21(27)25-13-5-2-6-14-25)24-20(26)16-9-11-17(23)12-10-16/h1,3-4,7-12H,2,5-6,13-14H2,(H,24,26)/b19-18-. The molecular weight excluding hydrogens is 428 g/mol. The summed E-state index contributed by atoms with van der Waals surface area (Å²) in [7, 11) is 0. The Morgan fingerprint density at radius 1 is 0.889 bits per heavy atom. The highest BCUT2D eigenvalue weighted by molar-refractivity contribution is 9.15. The van der Waals surface area contributed by atoms with Crippen LogP contribution in [0.4, 0.5) is 0 Å². The number of carbonyl (C=O) groups is 2. The lowest BCUT2D eigenvalue weighted by Crippen LogP contribution is -2.41. The molecule has 6 heteroatoms. The topological polar surface area (TPSA) is 49.4 Å². The third kappa shape index (κ3) is 4.99. The van der Waals surface area contributed by atoms with E-state index in [0.717, 1.165) is 24.8 Å². The van der Waals surface area contributed by atoms with Gasteiger partial charge in [-0.1, -0.05) is 41.9 Å². The van der Waals surface area contributed by atoms with E-state index in [1.165, 1.54) is 0 Å². The number of piperidine rings is 1. The Labute approximate surface area is 172 Å². The minimum Gasteiger partial charge on any atom is -0.337 e. The van der Waals surface area contributed by atoms with E-state index in [9.17, 15) is 9.59 Å². The van der Waals surface area contributed by atoms with Crippen LogP contribution in [0.15, 0.2) is 60.3 Å². The molecule has 0 unspecified atom stereocenters. The van der Waals surface area contributed by atoms with Crippen molar-refractivity contribution in [3.63, 3.8) is 0 Å². The van der Waals surface area contributed by atoms with Gasteiger partial charge < -0.3 is 10.2 Å². The Bertz CT molecular complexity index is 844. The van der Waals surface area contributed by atoms with E-state index in [1.54, 1.807) is 29.2 Å². The Morgan fingerprint density at radius 3 is 2.15 bits per heavy atom. The van der Waals surface area contributed by atoms with Gasteiger partial charge in [0.05, 0.1) is 4.48 Å². The van der Waals surface area contributed by atoms with Crippen LogP contribution in [0.3, 0.4) is 0 Å². The number of nitrogens with one attached hydrogen (secondary N) is 1. The van der Waals surface area contributed by atoms with Crippen molar-refractivity contribution < 1.29 is 9.59 Å². The van der Waals surface area contributed by atoms with Gasteiger partial charge in [-0.25, -0.2) is 0 Å². The van der Waals surface area contributed by atoms with Gasteiger partial charge in [0.15, 0.2) is 0 Å². The van der Waals surface area contributed by atoms with Gasteiger partial charge >= 0.3 is 0 Å². The molecule has 0 aromatic heterocycles. The minimum atomic E-state index is -0.347. The zero-order chi connectivity index (χ0) is 19.2. The van der Waals surface area contributed by atoms with Gasteiger partial charge in [0.1, 0.15) is 5.70 Å². The number of halogens is 2. The molecule has 0 saturated carbocycles. The molecule has 27 heavy (non-hydrogen) atoms. The number of benzene rings is 2. The first kappa shape index (κ1) is 19.6. The second kappa shape index (κ2) is 9.20. The molecule has 0 atom stereocenters. The predicted molar refractivity (Wildman–Crippen MR) is 112 cm³/mol. The average molecular weight is 448 g/mol. The van der Waals surface area contributed by atoms with Crippen molar-refractivity contribution in [2.24, 2.45) is 0 Å². The Morgan fingerprint density at radius 2 is 1.52 bits per heavy atom. The predicted octanol–water partition coefficient (Wildman–Crippen LogP) is 4.85. The Hall–Kier alpha value is -2.11. The second-order valence-corrected chi connectivity index (χ2v) is 7.60. The van der Waals surface area contributed by atoms with Crippen LogP contribution >= 0.6 is 27.5 Å². The maximum atomic E-state index is 13.1. The molecule has 140 valence electrons. The zero-order valence-corrected chi connectivity index (χ0v) is 17.1. The summed E-state index contributed by atoms with van der Waals surface area (Å²) >= 11 is 9.42. The minimum absolute atomic E-state index is 0.173. The highest BCUT2D eigenvalue weighted by Gasteiger charge is 2.25. The maximum Gasteiger partial charge on any atom is 0.271 e. The number of carbonyl (C=O) groups excluding carboxylic acids is 2. The number of nitrogens with zero attached hydrogens (tertiary/aromatic N) is 1. The number of likely N-dealkylation sites (tertiary alicyclic amines) is 1. The highest BCUT2D eigenvalue weighted by atomic mass is 79.9. The molecule has 2 aromatic rings. The number of hydrogen-bond donors (Lipinski definition) is 1. The molecule has 1 saturated heterocycles. The van der Waals surface area contributed by atoms with Gasteiger partial charge in [-0.3, -0.25) is 9.59 Å². The van der Waals surface area contributed by atoms with Crippen LogP contribution in [0.1, 0.15) is 35.2 Å². The zero-order valence-electron chi connectivity index (χ0n) is 14.8. The van der Waals surface area contributed by atoms with E-state index in [2.05, 4.69) is 21.2 Å².